The third-order valence-electron chi connectivity index (χ3n) is 5.89. The second-order valence-electron chi connectivity index (χ2n) is 8.62. The van der Waals surface area contributed by atoms with Crippen molar-refractivity contribution in [3.8, 4) is 11.4 Å². The summed E-state index contributed by atoms with van der Waals surface area (Å²) in [5, 5.41) is 7.72. The Balaban J connectivity index is 0.000000297. The first-order chi connectivity index (χ1) is 20.7. The Hall–Kier alpha value is -2.62. The zero-order valence-electron chi connectivity index (χ0n) is 22.9. The summed E-state index contributed by atoms with van der Waals surface area (Å²) in [6.45, 7) is 2.70. The lowest BCUT2D eigenvalue weighted by molar-refractivity contribution is -0.138. The SMILES string of the molecule is BrBr.CCS(=O)(=O)c1cc(C(F)(F)F)ccc1-n1ncc(Br)c1N.CCS(=O)(=O)c1cc(C(F)(F)F)ccc1-n1nccc1N. The first-order valence-electron chi connectivity index (χ1n) is 12.1. The molecule has 0 saturated heterocycles. The van der Waals surface area contributed by atoms with Crippen LogP contribution < -0.4 is 11.5 Å². The summed E-state index contributed by atoms with van der Waals surface area (Å²) in [6, 6.07) is 6.30. The van der Waals surface area contributed by atoms with Gasteiger partial charge in [0.05, 0.1) is 60.7 Å². The zero-order chi connectivity index (χ0) is 34.5. The van der Waals surface area contributed by atoms with Gasteiger partial charge in [0.2, 0.25) is 0 Å². The van der Waals surface area contributed by atoms with Gasteiger partial charge in [0, 0.05) is 34.3 Å². The first-order valence-corrected chi connectivity index (χ1v) is 19.9. The third kappa shape index (κ3) is 9.01. The molecule has 248 valence electrons. The van der Waals surface area contributed by atoms with Crippen molar-refractivity contribution in [2.75, 3.05) is 23.0 Å². The molecule has 0 saturated carbocycles. The number of alkyl halides is 6. The number of hydrogen-bond donors (Lipinski definition) is 2. The van der Waals surface area contributed by atoms with Crippen LogP contribution in [-0.4, -0.2) is 47.9 Å². The van der Waals surface area contributed by atoms with Crippen LogP contribution in [0.25, 0.3) is 11.4 Å². The highest BCUT2D eigenvalue weighted by molar-refractivity contribution is 9.93. The van der Waals surface area contributed by atoms with E-state index in [2.05, 4.69) is 54.4 Å². The van der Waals surface area contributed by atoms with Crippen LogP contribution in [0.4, 0.5) is 38.0 Å². The Morgan fingerprint density at radius 1 is 0.733 bits per heavy atom. The van der Waals surface area contributed by atoms with E-state index in [9.17, 15) is 43.2 Å². The molecule has 0 unspecified atom stereocenters. The van der Waals surface area contributed by atoms with Crippen molar-refractivity contribution >= 4 is 75.5 Å². The zero-order valence-corrected chi connectivity index (χ0v) is 29.3. The van der Waals surface area contributed by atoms with Crippen molar-refractivity contribution in [3.05, 3.63) is 70.5 Å². The van der Waals surface area contributed by atoms with Crippen molar-refractivity contribution in [3.63, 3.8) is 0 Å². The van der Waals surface area contributed by atoms with Crippen LogP contribution in [0.3, 0.4) is 0 Å². The van der Waals surface area contributed by atoms with E-state index in [1.165, 1.54) is 32.3 Å². The van der Waals surface area contributed by atoms with Gasteiger partial charge in [-0.3, -0.25) is 0 Å². The van der Waals surface area contributed by atoms with Crippen molar-refractivity contribution in [2.24, 2.45) is 0 Å². The minimum Gasteiger partial charge on any atom is -0.384 e. The monoisotopic (exact) mass is 874 g/mol. The van der Waals surface area contributed by atoms with Crippen molar-refractivity contribution in [1.29, 1.82) is 0 Å². The summed E-state index contributed by atoms with van der Waals surface area (Å²) in [7, 11) is -7.77. The molecule has 0 aliphatic heterocycles. The smallest absolute Gasteiger partial charge is 0.384 e. The Labute approximate surface area is 277 Å². The van der Waals surface area contributed by atoms with Crippen LogP contribution in [0, 0.1) is 0 Å². The van der Waals surface area contributed by atoms with Gasteiger partial charge in [0.15, 0.2) is 19.7 Å². The fourth-order valence-corrected chi connectivity index (χ4v) is 6.03. The van der Waals surface area contributed by atoms with Crippen LogP contribution in [0.1, 0.15) is 25.0 Å². The molecule has 0 atom stereocenters. The van der Waals surface area contributed by atoms with E-state index in [1.54, 1.807) is 0 Å². The fraction of sp³-hybridized carbons (Fsp3) is 0.250. The standard InChI is InChI=1S/C12H11BrF3N3O2S.C12H12F3N3O2S.Br2/c1-2-22(20,21)10-5-7(12(14,15)16)3-4-9(10)19-11(17)8(13)6-18-19;1-2-21(19,20)10-7-8(12(13,14)15)3-4-9(10)18-11(16)5-6-17-18;1-2/h3-6H,2,17H2,1H3;3-7H,2,16H2,1H3;. The van der Waals surface area contributed by atoms with E-state index < -0.39 is 52.9 Å². The largest absolute Gasteiger partial charge is 0.416 e. The van der Waals surface area contributed by atoms with Crippen molar-refractivity contribution in [1.82, 2.24) is 19.6 Å². The summed E-state index contributed by atoms with van der Waals surface area (Å²) in [6.07, 6.45) is -6.62. The number of benzene rings is 2. The molecule has 2 heterocycles. The maximum atomic E-state index is 12.8. The highest BCUT2D eigenvalue weighted by Crippen LogP contribution is 2.35. The van der Waals surface area contributed by atoms with E-state index in [4.69, 9.17) is 11.5 Å². The average Bonchev–Trinajstić information content (AvgIpc) is 3.56. The Morgan fingerprint density at radius 2 is 1.16 bits per heavy atom. The molecule has 0 fully saturated rings. The Morgan fingerprint density at radius 3 is 1.47 bits per heavy atom. The lowest BCUT2D eigenvalue weighted by Crippen LogP contribution is -2.14. The summed E-state index contributed by atoms with van der Waals surface area (Å²) in [4.78, 5) is -0.914. The number of nitrogen functional groups attached to an aromatic ring is 2. The van der Waals surface area contributed by atoms with Crippen molar-refractivity contribution < 1.29 is 43.2 Å². The normalized spacial score (nSPS) is 12.2. The van der Waals surface area contributed by atoms with Crippen LogP contribution in [0.15, 0.2) is 69.1 Å². The number of nitrogens with zero attached hydrogens (tertiary/aromatic N) is 4. The van der Waals surface area contributed by atoms with Gasteiger partial charge in [0.1, 0.15) is 11.6 Å². The predicted molar refractivity (Wildman–Crippen MR) is 167 cm³/mol. The van der Waals surface area contributed by atoms with Gasteiger partial charge in [-0.2, -0.15) is 36.5 Å². The topological polar surface area (TPSA) is 156 Å². The first kappa shape index (κ1) is 38.6. The quantitative estimate of drug-likeness (QED) is 0.197. The minimum absolute atomic E-state index is 0.00708. The van der Waals surface area contributed by atoms with Gasteiger partial charge in [0.25, 0.3) is 0 Å². The van der Waals surface area contributed by atoms with E-state index in [0.717, 1.165) is 33.6 Å². The molecule has 0 spiro atoms. The summed E-state index contributed by atoms with van der Waals surface area (Å²) in [5.41, 5.74) is 9.26. The highest BCUT2D eigenvalue weighted by Gasteiger charge is 2.34. The van der Waals surface area contributed by atoms with Gasteiger partial charge in [-0.05, 0) is 52.3 Å². The number of anilines is 2. The van der Waals surface area contributed by atoms with Gasteiger partial charge in [-0.25, -0.2) is 26.2 Å². The Bertz CT molecular complexity index is 1860. The van der Waals surface area contributed by atoms with Gasteiger partial charge < -0.3 is 11.5 Å². The summed E-state index contributed by atoms with van der Waals surface area (Å²) < 4.78 is 128. The molecule has 10 nitrogen and oxygen atoms in total. The van der Waals surface area contributed by atoms with Gasteiger partial charge >= 0.3 is 12.4 Å². The molecular weight excluding hydrogens is 854 g/mol. The summed E-state index contributed by atoms with van der Waals surface area (Å²) in [5.74, 6) is -0.457. The highest BCUT2D eigenvalue weighted by atomic mass is 80.9. The Kier molecular flexibility index (Phi) is 12.7. The maximum absolute atomic E-state index is 12.8. The molecule has 4 aromatic rings. The van der Waals surface area contributed by atoms with E-state index in [0.29, 0.717) is 16.6 Å². The lowest BCUT2D eigenvalue weighted by Gasteiger charge is -2.14. The van der Waals surface area contributed by atoms with Crippen molar-refractivity contribution in [2.45, 2.75) is 36.0 Å². The molecule has 0 aliphatic carbocycles. The molecule has 4 N–H and O–H groups in total. The molecule has 0 bridgehead atoms. The molecule has 2 aromatic carbocycles. The molecule has 0 radical (unpaired) electrons. The fourth-order valence-electron chi connectivity index (χ4n) is 3.58. The van der Waals surface area contributed by atoms with Crippen LogP contribution in [-0.2, 0) is 32.0 Å². The minimum atomic E-state index is -4.65. The lowest BCUT2D eigenvalue weighted by atomic mass is 10.2. The van der Waals surface area contributed by atoms with Crippen LogP contribution in [0.2, 0.25) is 0 Å². The number of nitrogens with two attached hydrogens (primary N) is 2. The predicted octanol–water partition coefficient (Wildman–Crippen LogP) is 6.99. The van der Waals surface area contributed by atoms with E-state index in [1.807, 2.05) is 0 Å². The molecule has 45 heavy (non-hydrogen) atoms. The second kappa shape index (κ2) is 14.9. The van der Waals surface area contributed by atoms with E-state index in [-0.39, 0.29) is 34.5 Å². The molecule has 4 rings (SSSR count). The number of hydrogen-bond acceptors (Lipinski definition) is 8. The number of aromatic nitrogens is 4. The van der Waals surface area contributed by atoms with Crippen LogP contribution >= 0.6 is 44.2 Å². The van der Waals surface area contributed by atoms with Crippen LogP contribution in [0.5, 0.6) is 0 Å². The molecule has 0 aliphatic rings. The molecule has 0 amide bonds. The molecule has 21 heteroatoms. The third-order valence-corrected chi connectivity index (χ3v) is 10.0. The average molecular weight is 877 g/mol. The number of sulfone groups is 2. The number of halogens is 9. The summed E-state index contributed by atoms with van der Waals surface area (Å²) >= 11 is 8.61. The van der Waals surface area contributed by atoms with Gasteiger partial charge in [-0.15, -0.1) is 0 Å². The number of rotatable bonds is 6. The van der Waals surface area contributed by atoms with E-state index >= 15 is 0 Å². The molecular formula is C24H23Br3F6N6O4S2. The molecule has 2 aromatic heterocycles. The second-order valence-corrected chi connectivity index (χ2v) is 14.0. The van der Waals surface area contributed by atoms with Gasteiger partial charge in [-0.1, -0.05) is 13.8 Å². The maximum Gasteiger partial charge on any atom is 0.416 e.